The summed E-state index contributed by atoms with van der Waals surface area (Å²) in [4.78, 5) is 0. The molecule has 1 aliphatic heterocycles. The van der Waals surface area contributed by atoms with Crippen molar-refractivity contribution < 1.29 is 0 Å². The Labute approximate surface area is 88.7 Å². The van der Waals surface area contributed by atoms with Gasteiger partial charge in [-0.2, -0.15) is 0 Å². The molecule has 0 bridgehead atoms. The molecular formula is C13H25N. The molecule has 2 aliphatic rings. The molecule has 0 aromatic carbocycles. The van der Waals surface area contributed by atoms with Gasteiger partial charge in [0.1, 0.15) is 0 Å². The van der Waals surface area contributed by atoms with Crippen molar-refractivity contribution in [2.45, 2.75) is 52.4 Å². The van der Waals surface area contributed by atoms with Gasteiger partial charge in [-0.1, -0.05) is 20.3 Å². The predicted molar refractivity (Wildman–Crippen MR) is 61.3 cm³/mol. The lowest BCUT2D eigenvalue weighted by molar-refractivity contribution is 0.247. The highest BCUT2D eigenvalue weighted by atomic mass is 14.9. The third-order valence-corrected chi connectivity index (χ3v) is 4.49. The van der Waals surface area contributed by atoms with Gasteiger partial charge in [0.15, 0.2) is 0 Å². The lowest BCUT2D eigenvalue weighted by atomic mass is 9.80. The highest BCUT2D eigenvalue weighted by Crippen LogP contribution is 2.47. The Bertz CT molecular complexity index is 178. The molecule has 82 valence electrons. The normalized spacial score (nSPS) is 39.2. The summed E-state index contributed by atoms with van der Waals surface area (Å²) in [5.41, 5.74) is 0.700. The maximum Gasteiger partial charge on any atom is 0.000791 e. The fourth-order valence-corrected chi connectivity index (χ4v) is 3.40. The molecule has 2 fully saturated rings. The zero-order chi connectivity index (χ0) is 10.0. The minimum absolute atomic E-state index is 0.700. The van der Waals surface area contributed by atoms with Gasteiger partial charge in [-0.05, 0) is 55.9 Å². The number of rotatable bonds is 1. The summed E-state index contributed by atoms with van der Waals surface area (Å²) >= 11 is 0. The highest BCUT2D eigenvalue weighted by Gasteiger charge is 2.39. The van der Waals surface area contributed by atoms with Crippen molar-refractivity contribution in [2.75, 3.05) is 13.1 Å². The van der Waals surface area contributed by atoms with E-state index in [1.165, 1.54) is 51.6 Å². The van der Waals surface area contributed by atoms with Crippen molar-refractivity contribution in [3.8, 4) is 0 Å². The number of hydrogen-bond donors (Lipinski definition) is 1. The molecule has 14 heavy (non-hydrogen) atoms. The topological polar surface area (TPSA) is 12.0 Å². The van der Waals surface area contributed by atoms with Crippen LogP contribution in [0, 0.1) is 17.3 Å². The lowest BCUT2D eigenvalue weighted by Gasteiger charge is -2.28. The number of hydrogen-bond acceptors (Lipinski definition) is 1. The van der Waals surface area contributed by atoms with Crippen LogP contribution in [0.1, 0.15) is 52.4 Å². The van der Waals surface area contributed by atoms with Crippen LogP contribution in [0.15, 0.2) is 0 Å². The second-order valence-electron chi connectivity index (χ2n) is 5.88. The monoisotopic (exact) mass is 195 g/mol. The zero-order valence-electron chi connectivity index (χ0n) is 9.81. The molecule has 2 rings (SSSR count). The first-order chi connectivity index (χ1) is 6.72. The highest BCUT2D eigenvalue weighted by molar-refractivity contribution is 4.92. The molecule has 1 unspecified atom stereocenters. The summed E-state index contributed by atoms with van der Waals surface area (Å²) in [6, 6.07) is 0. The second-order valence-corrected chi connectivity index (χ2v) is 5.88. The molecule has 0 amide bonds. The van der Waals surface area contributed by atoms with Crippen LogP contribution >= 0.6 is 0 Å². The van der Waals surface area contributed by atoms with Gasteiger partial charge < -0.3 is 5.32 Å². The van der Waals surface area contributed by atoms with Crippen molar-refractivity contribution in [3.05, 3.63) is 0 Å². The van der Waals surface area contributed by atoms with Crippen LogP contribution in [0.25, 0.3) is 0 Å². The minimum Gasteiger partial charge on any atom is -0.316 e. The minimum atomic E-state index is 0.700. The fourth-order valence-electron chi connectivity index (χ4n) is 3.40. The molecule has 1 saturated carbocycles. The molecule has 0 radical (unpaired) electrons. The van der Waals surface area contributed by atoms with Gasteiger partial charge >= 0.3 is 0 Å². The van der Waals surface area contributed by atoms with Gasteiger partial charge in [-0.3, -0.25) is 0 Å². The molecular weight excluding hydrogens is 170 g/mol. The summed E-state index contributed by atoms with van der Waals surface area (Å²) < 4.78 is 0. The molecule has 2 atom stereocenters. The quantitative estimate of drug-likeness (QED) is 0.677. The van der Waals surface area contributed by atoms with E-state index in [0.29, 0.717) is 5.41 Å². The molecule has 1 nitrogen and oxygen atoms in total. The zero-order valence-corrected chi connectivity index (χ0v) is 9.81. The van der Waals surface area contributed by atoms with E-state index in [9.17, 15) is 0 Å². The van der Waals surface area contributed by atoms with E-state index in [0.717, 1.165) is 11.8 Å². The van der Waals surface area contributed by atoms with Crippen molar-refractivity contribution in [1.29, 1.82) is 0 Å². The molecule has 1 heteroatoms. The van der Waals surface area contributed by atoms with Crippen LogP contribution in [0.3, 0.4) is 0 Å². The number of nitrogens with one attached hydrogen (secondary N) is 1. The summed E-state index contributed by atoms with van der Waals surface area (Å²) in [6.07, 6.45) is 8.81. The molecule has 1 spiro atoms. The summed E-state index contributed by atoms with van der Waals surface area (Å²) in [7, 11) is 0. The van der Waals surface area contributed by atoms with E-state index in [1.807, 2.05) is 0 Å². The summed E-state index contributed by atoms with van der Waals surface area (Å²) in [6.45, 7) is 7.35. The van der Waals surface area contributed by atoms with E-state index in [-0.39, 0.29) is 0 Å². The van der Waals surface area contributed by atoms with Gasteiger partial charge in [-0.25, -0.2) is 0 Å². The van der Waals surface area contributed by atoms with Crippen LogP contribution in [0.2, 0.25) is 0 Å². The average Bonchev–Trinajstić information content (AvgIpc) is 2.41. The molecule has 0 aromatic rings. The molecule has 0 aromatic heterocycles. The SMILES string of the molecule is CC(C)C1CC[C@]2(CCCCNC2)C1. The van der Waals surface area contributed by atoms with Gasteiger partial charge in [-0.15, -0.1) is 0 Å². The van der Waals surface area contributed by atoms with Crippen LogP contribution in [-0.2, 0) is 0 Å². The van der Waals surface area contributed by atoms with E-state index in [1.54, 1.807) is 0 Å². The lowest BCUT2D eigenvalue weighted by Crippen LogP contribution is -2.30. The maximum absolute atomic E-state index is 3.64. The molecule has 1 saturated heterocycles. The van der Waals surface area contributed by atoms with Gasteiger partial charge in [0.05, 0.1) is 0 Å². The third-order valence-electron chi connectivity index (χ3n) is 4.49. The van der Waals surface area contributed by atoms with Crippen molar-refractivity contribution in [1.82, 2.24) is 5.32 Å². The fraction of sp³-hybridized carbons (Fsp3) is 1.00. The van der Waals surface area contributed by atoms with Crippen molar-refractivity contribution in [2.24, 2.45) is 17.3 Å². The maximum atomic E-state index is 3.64. The smallest absolute Gasteiger partial charge is 0.000791 e. The Kier molecular flexibility index (Phi) is 3.16. The Morgan fingerprint density at radius 1 is 1.21 bits per heavy atom. The first kappa shape index (κ1) is 10.5. The van der Waals surface area contributed by atoms with Gasteiger partial charge in [0, 0.05) is 6.54 Å². The standard InChI is InChI=1S/C13H25N/c1-11(2)12-5-7-13(9-12)6-3-4-8-14-10-13/h11-12,14H,3-10H2,1-2H3/t12?,13-/m1/s1. The largest absolute Gasteiger partial charge is 0.316 e. The Morgan fingerprint density at radius 2 is 2.07 bits per heavy atom. The Balaban J connectivity index is 1.96. The van der Waals surface area contributed by atoms with Crippen molar-refractivity contribution in [3.63, 3.8) is 0 Å². The Hall–Kier alpha value is -0.0400. The van der Waals surface area contributed by atoms with E-state index < -0.39 is 0 Å². The van der Waals surface area contributed by atoms with Crippen LogP contribution in [0.5, 0.6) is 0 Å². The van der Waals surface area contributed by atoms with E-state index >= 15 is 0 Å². The summed E-state index contributed by atoms with van der Waals surface area (Å²) in [5.74, 6) is 1.91. The Morgan fingerprint density at radius 3 is 2.79 bits per heavy atom. The first-order valence-electron chi connectivity index (χ1n) is 6.43. The predicted octanol–water partition coefficient (Wildman–Crippen LogP) is 3.20. The third kappa shape index (κ3) is 2.13. The van der Waals surface area contributed by atoms with Gasteiger partial charge in [0.2, 0.25) is 0 Å². The van der Waals surface area contributed by atoms with Crippen LogP contribution in [-0.4, -0.2) is 13.1 Å². The second kappa shape index (κ2) is 4.22. The van der Waals surface area contributed by atoms with Gasteiger partial charge in [0.25, 0.3) is 0 Å². The first-order valence-corrected chi connectivity index (χ1v) is 6.43. The van der Waals surface area contributed by atoms with Crippen molar-refractivity contribution >= 4 is 0 Å². The van der Waals surface area contributed by atoms with E-state index in [4.69, 9.17) is 0 Å². The molecule has 1 N–H and O–H groups in total. The van der Waals surface area contributed by atoms with E-state index in [2.05, 4.69) is 19.2 Å². The summed E-state index contributed by atoms with van der Waals surface area (Å²) in [5, 5.41) is 3.64. The molecule has 1 heterocycles. The van der Waals surface area contributed by atoms with Crippen LogP contribution in [0.4, 0.5) is 0 Å². The average molecular weight is 195 g/mol. The molecule has 1 aliphatic carbocycles. The van der Waals surface area contributed by atoms with Crippen LogP contribution < -0.4 is 5.32 Å².